The Kier molecular flexibility index (Phi) is 6.94. The molecule has 0 spiro atoms. The molecule has 0 radical (unpaired) electrons. The summed E-state index contributed by atoms with van der Waals surface area (Å²) in [5.41, 5.74) is 0.481. The number of morpholine rings is 1. The Morgan fingerprint density at radius 3 is 2.78 bits per heavy atom. The highest BCUT2D eigenvalue weighted by atomic mass is 32.2. The highest BCUT2D eigenvalue weighted by molar-refractivity contribution is 7.99. The van der Waals surface area contributed by atoms with Gasteiger partial charge in [0.15, 0.2) is 0 Å². The third kappa shape index (κ3) is 5.21. The largest absolute Gasteiger partial charge is 0.467 e. The van der Waals surface area contributed by atoms with Crippen molar-refractivity contribution in [3.63, 3.8) is 0 Å². The molecular formula is C20H22N4O6S2. The number of amides is 1. The van der Waals surface area contributed by atoms with Gasteiger partial charge in [0.2, 0.25) is 21.8 Å². The molecule has 2 aromatic heterocycles. The highest BCUT2D eigenvalue weighted by Crippen LogP contribution is 2.26. The fourth-order valence-corrected chi connectivity index (χ4v) is 5.16. The Hall–Kier alpha value is -2.67. The average Bonchev–Trinajstić information content (AvgIpc) is 3.51. The van der Waals surface area contributed by atoms with E-state index in [1.54, 1.807) is 30.5 Å². The van der Waals surface area contributed by atoms with Gasteiger partial charge in [0.25, 0.3) is 5.22 Å². The van der Waals surface area contributed by atoms with Crippen LogP contribution in [-0.4, -0.2) is 60.9 Å². The molecule has 0 aliphatic carbocycles. The van der Waals surface area contributed by atoms with Crippen LogP contribution < -0.4 is 5.32 Å². The number of carbonyl (C=O) groups is 1. The number of nitrogens with one attached hydrogen (secondary N) is 1. The minimum Gasteiger partial charge on any atom is -0.467 e. The van der Waals surface area contributed by atoms with Crippen LogP contribution in [0, 0.1) is 0 Å². The van der Waals surface area contributed by atoms with Crippen molar-refractivity contribution in [2.45, 2.75) is 23.1 Å². The van der Waals surface area contributed by atoms with Crippen molar-refractivity contribution in [1.82, 2.24) is 19.8 Å². The fraction of sp³-hybridized carbons (Fsp3) is 0.350. The molecule has 0 unspecified atom stereocenters. The second-order valence-electron chi connectivity index (χ2n) is 7.01. The van der Waals surface area contributed by atoms with E-state index in [0.717, 1.165) is 11.8 Å². The van der Waals surface area contributed by atoms with Gasteiger partial charge in [-0.25, -0.2) is 8.42 Å². The van der Waals surface area contributed by atoms with E-state index < -0.39 is 10.0 Å². The lowest BCUT2D eigenvalue weighted by Crippen LogP contribution is -2.40. The Bertz CT molecular complexity index is 1160. The fourth-order valence-electron chi connectivity index (χ4n) is 3.13. The Morgan fingerprint density at radius 2 is 2.03 bits per heavy atom. The lowest BCUT2D eigenvalue weighted by molar-refractivity contribution is -0.119. The molecule has 4 rings (SSSR count). The second-order valence-corrected chi connectivity index (χ2v) is 9.88. The first-order valence-corrected chi connectivity index (χ1v) is 12.3. The molecule has 1 aliphatic rings. The van der Waals surface area contributed by atoms with Gasteiger partial charge in [0, 0.05) is 18.7 Å². The molecule has 32 heavy (non-hydrogen) atoms. The van der Waals surface area contributed by atoms with Gasteiger partial charge in [-0.1, -0.05) is 17.8 Å². The summed E-state index contributed by atoms with van der Waals surface area (Å²) in [6.07, 6.45) is 1.55. The van der Waals surface area contributed by atoms with Crippen LogP contribution in [0.1, 0.15) is 18.7 Å². The SMILES string of the molecule is C[C@@H](NC(=O)CSc1nnc(-c2cccc(S(=O)(=O)N3CCOCC3)c2)o1)c1ccco1. The van der Waals surface area contributed by atoms with Crippen LogP contribution in [0.2, 0.25) is 0 Å². The third-order valence-corrected chi connectivity index (χ3v) is 7.48. The van der Waals surface area contributed by atoms with Gasteiger partial charge in [-0.2, -0.15) is 4.31 Å². The van der Waals surface area contributed by atoms with Gasteiger partial charge in [0.1, 0.15) is 5.76 Å². The number of thioether (sulfide) groups is 1. The van der Waals surface area contributed by atoms with E-state index >= 15 is 0 Å². The van der Waals surface area contributed by atoms with E-state index in [9.17, 15) is 13.2 Å². The summed E-state index contributed by atoms with van der Waals surface area (Å²) in [6, 6.07) is 9.65. The normalized spacial score (nSPS) is 16.0. The summed E-state index contributed by atoms with van der Waals surface area (Å²) >= 11 is 1.09. The van der Waals surface area contributed by atoms with Crippen molar-refractivity contribution in [3.8, 4) is 11.5 Å². The predicted octanol–water partition coefficient (Wildman–Crippen LogP) is 2.32. The van der Waals surface area contributed by atoms with Crippen LogP contribution in [0.5, 0.6) is 0 Å². The summed E-state index contributed by atoms with van der Waals surface area (Å²) in [4.78, 5) is 12.3. The zero-order valence-corrected chi connectivity index (χ0v) is 18.9. The van der Waals surface area contributed by atoms with E-state index in [1.165, 1.54) is 16.4 Å². The van der Waals surface area contributed by atoms with E-state index in [0.29, 0.717) is 37.6 Å². The summed E-state index contributed by atoms with van der Waals surface area (Å²) in [5, 5.41) is 11.0. The molecule has 0 bridgehead atoms. The van der Waals surface area contributed by atoms with Crippen molar-refractivity contribution in [3.05, 3.63) is 48.4 Å². The molecule has 1 atom stereocenters. The smallest absolute Gasteiger partial charge is 0.277 e. The molecule has 0 saturated carbocycles. The van der Waals surface area contributed by atoms with Crippen molar-refractivity contribution in [2.75, 3.05) is 32.1 Å². The molecule has 3 aromatic rings. The molecule has 3 heterocycles. The van der Waals surface area contributed by atoms with Gasteiger partial charge in [-0.3, -0.25) is 4.79 Å². The Morgan fingerprint density at radius 1 is 1.22 bits per heavy atom. The number of nitrogens with zero attached hydrogens (tertiary/aromatic N) is 3. The third-order valence-electron chi connectivity index (χ3n) is 4.77. The van der Waals surface area contributed by atoms with Gasteiger partial charge in [-0.05, 0) is 37.3 Å². The molecular weight excluding hydrogens is 456 g/mol. The molecule has 1 fully saturated rings. The average molecular weight is 479 g/mol. The zero-order chi connectivity index (χ0) is 22.6. The molecule has 1 aromatic carbocycles. The zero-order valence-electron chi connectivity index (χ0n) is 17.3. The summed E-state index contributed by atoms with van der Waals surface area (Å²) < 4.78 is 43.3. The van der Waals surface area contributed by atoms with Gasteiger partial charge in [-0.15, -0.1) is 10.2 Å². The molecule has 1 aliphatic heterocycles. The molecule has 1 amide bonds. The molecule has 1 saturated heterocycles. The van der Waals surface area contributed by atoms with Crippen LogP contribution in [0.25, 0.3) is 11.5 Å². The number of ether oxygens (including phenoxy) is 1. The maximum atomic E-state index is 12.9. The maximum absolute atomic E-state index is 12.9. The monoisotopic (exact) mass is 478 g/mol. The lowest BCUT2D eigenvalue weighted by atomic mass is 10.2. The first kappa shape index (κ1) is 22.5. The van der Waals surface area contributed by atoms with Crippen LogP contribution in [-0.2, 0) is 19.6 Å². The van der Waals surface area contributed by atoms with E-state index in [2.05, 4.69) is 15.5 Å². The predicted molar refractivity (Wildman–Crippen MR) is 115 cm³/mol. The van der Waals surface area contributed by atoms with E-state index in [4.69, 9.17) is 13.6 Å². The number of hydrogen-bond acceptors (Lipinski definition) is 9. The summed E-state index contributed by atoms with van der Waals surface area (Å²) in [7, 11) is -3.64. The quantitative estimate of drug-likeness (QED) is 0.485. The van der Waals surface area contributed by atoms with Crippen LogP contribution in [0.4, 0.5) is 0 Å². The number of furan rings is 1. The van der Waals surface area contributed by atoms with Crippen molar-refractivity contribution >= 4 is 27.7 Å². The second kappa shape index (κ2) is 9.86. The number of aromatic nitrogens is 2. The highest BCUT2D eigenvalue weighted by Gasteiger charge is 2.27. The first-order valence-electron chi connectivity index (χ1n) is 9.91. The molecule has 170 valence electrons. The number of sulfonamides is 1. The molecule has 10 nitrogen and oxygen atoms in total. The Balaban J connectivity index is 1.39. The van der Waals surface area contributed by atoms with Gasteiger partial charge >= 0.3 is 0 Å². The van der Waals surface area contributed by atoms with Crippen molar-refractivity contribution in [1.29, 1.82) is 0 Å². The number of hydrogen-bond donors (Lipinski definition) is 1. The molecule has 12 heteroatoms. The van der Waals surface area contributed by atoms with E-state index in [1.807, 2.05) is 6.92 Å². The minimum absolute atomic E-state index is 0.0815. The maximum Gasteiger partial charge on any atom is 0.277 e. The van der Waals surface area contributed by atoms with Crippen molar-refractivity contribution in [2.24, 2.45) is 0 Å². The minimum atomic E-state index is -3.64. The topological polar surface area (TPSA) is 128 Å². The lowest BCUT2D eigenvalue weighted by Gasteiger charge is -2.26. The Labute approximate surface area is 189 Å². The number of rotatable bonds is 8. The summed E-state index contributed by atoms with van der Waals surface area (Å²) in [5.74, 6) is 0.710. The van der Waals surface area contributed by atoms with Crippen molar-refractivity contribution < 1.29 is 26.8 Å². The number of benzene rings is 1. The standard InChI is InChI=1S/C20H22N4O6S2/c1-14(17-6-3-9-29-17)21-18(25)13-31-20-23-22-19(30-20)15-4-2-5-16(12-15)32(26,27)24-7-10-28-11-8-24/h2-6,9,12,14H,7-8,10-11,13H2,1H3,(H,21,25)/t14-/m1/s1. The van der Waals surface area contributed by atoms with Gasteiger partial charge < -0.3 is 18.9 Å². The molecule has 1 N–H and O–H groups in total. The summed E-state index contributed by atoms with van der Waals surface area (Å²) in [6.45, 7) is 3.20. The van der Waals surface area contributed by atoms with Crippen LogP contribution in [0.15, 0.2) is 61.6 Å². The first-order chi connectivity index (χ1) is 15.4. The van der Waals surface area contributed by atoms with Gasteiger partial charge in [0.05, 0.1) is 36.2 Å². The van der Waals surface area contributed by atoms with Crippen LogP contribution in [0.3, 0.4) is 0 Å². The number of carbonyl (C=O) groups excluding carboxylic acids is 1. The van der Waals surface area contributed by atoms with E-state index in [-0.39, 0.29) is 33.7 Å². The van der Waals surface area contributed by atoms with Crippen LogP contribution >= 0.6 is 11.8 Å².